The van der Waals surface area contributed by atoms with Gasteiger partial charge in [0.15, 0.2) is 0 Å². The third-order valence-electron chi connectivity index (χ3n) is 3.43. The van der Waals surface area contributed by atoms with Crippen LogP contribution in [0.2, 0.25) is 0 Å². The number of fused-ring (bicyclic) bond motifs is 1. The van der Waals surface area contributed by atoms with Crippen LogP contribution in [0.4, 0.5) is 5.69 Å². The Kier molecular flexibility index (Phi) is 2.95. The molecule has 0 aliphatic carbocycles. The van der Waals surface area contributed by atoms with Crippen molar-refractivity contribution < 1.29 is 0 Å². The zero-order chi connectivity index (χ0) is 13.2. The van der Waals surface area contributed by atoms with Crippen molar-refractivity contribution in [3.8, 4) is 0 Å². The third-order valence-corrected chi connectivity index (χ3v) is 3.43. The van der Waals surface area contributed by atoms with E-state index >= 15 is 0 Å². The van der Waals surface area contributed by atoms with Crippen molar-refractivity contribution in [1.82, 2.24) is 9.38 Å². The topological polar surface area (TPSA) is 29.3 Å². The number of rotatable bonds is 3. The fourth-order valence-corrected chi connectivity index (χ4v) is 2.18. The minimum absolute atomic E-state index is 0.832. The van der Waals surface area contributed by atoms with Crippen molar-refractivity contribution in [3.63, 3.8) is 0 Å². The van der Waals surface area contributed by atoms with E-state index in [1.165, 1.54) is 11.3 Å². The number of hydrogen-bond donors (Lipinski definition) is 1. The fourth-order valence-electron chi connectivity index (χ4n) is 2.18. The molecule has 0 bridgehead atoms. The summed E-state index contributed by atoms with van der Waals surface area (Å²) in [5.74, 6) is 0. The smallest absolute Gasteiger partial charge is 0.137 e. The number of imidazole rings is 1. The first-order valence-corrected chi connectivity index (χ1v) is 6.47. The molecule has 19 heavy (non-hydrogen) atoms. The monoisotopic (exact) mass is 251 g/mol. The van der Waals surface area contributed by atoms with Crippen LogP contribution in [0.1, 0.15) is 17.0 Å². The van der Waals surface area contributed by atoms with E-state index in [4.69, 9.17) is 0 Å². The first-order chi connectivity index (χ1) is 9.24. The SMILES string of the molecule is Cc1nc2ccc(NCc3ccccc3)cn2c1C. The molecule has 2 heterocycles. The highest BCUT2D eigenvalue weighted by Crippen LogP contribution is 2.16. The largest absolute Gasteiger partial charge is 0.380 e. The molecule has 1 N–H and O–H groups in total. The molecule has 0 radical (unpaired) electrons. The minimum Gasteiger partial charge on any atom is -0.380 e. The number of anilines is 1. The van der Waals surface area contributed by atoms with Crippen molar-refractivity contribution in [3.05, 3.63) is 65.6 Å². The van der Waals surface area contributed by atoms with E-state index in [0.717, 1.165) is 23.6 Å². The van der Waals surface area contributed by atoms with Crippen molar-refractivity contribution in [2.45, 2.75) is 20.4 Å². The number of nitrogens with one attached hydrogen (secondary N) is 1. The van der Waals surface area contributed by atoms with Gasteiger partial charge in [-0.15, -0.1) is 0 Å². The Labute approximate surface area is 112 Å². The molecule has 3 heteroatoms. The van der Waals surface area contributed by atoms with Crippen molar-refractivity contribution >= 4 is 11.3 Å². The molecule has 3 rings (SSSR count). The molecule has 0 aliphatic heterocycles. The van der Waals surface area contributed by atoms with Crippen LogP contribution in [0.25, 0.3) is 5.65 Å². The maximum Gasteiger partial charge on any atom is 0.137 e. The highest BCUT2D eigenvalue weighted by atomic mass is 15.0. The fraction of sp³-hybridized carbons (Fsp3) is 0.188. The Morgan fingerprint density at radius 3 is 2.63 bits per heavy atom. The van der Waals surface area contributed by atoms with Gasteiger partial charge < -0.3 is 9.72 Å². The number of benzene rings is 1. The Morgan fingerprint density at radius 2 is 1.84 bits per heavy atom. The Bertz CT molecular complexity index is 699. The summed E-state index contributed by atoms with van der Waals surface area (Å²) >= 11 is 0. The van der Waals surface area contributed by atoms with Gasteiger partial charge in [-0.2, -0.15) is 0 Å². The molecule has 96 valence electrons. The minimum atomic E-state index is 0.832. The number of pyridine rings is 1. The molecule has 0 aliphatic rings. The zero-order valence-corrected chi connectivity index (χ0v) is 11.2. The predicted molar refractivity (Wildman–Crippen MR) is 78.4 cm³/mol. The van der Waals surface area contributed by atoms with Gasteiger partial charge in [-0.1, -0.05) is 30.3 Å². The summed E-state index contributed by atoms with van der Waals surface area (Å²) in [5.41, 5.74) is 5.66. The van der Waals surface area contributed by atoms with E-state index in [0.29, 0.717) is 0 Å². The van der Waals surface area contributed by atoms with E-state index in [1.54, 1.807) is 0 Å². The summed E-state index contributed by atoms with van der Waals surface area (Å²) in [6, 6.07) is 14.5. The second kappa shape index (κ2) is 4.76. The number of aromatic nitrogens is 2. The number of hydrogen-bond acceptors (Lipinski definition) is 2. The number of aryl methyl sites for hydroxylation is 2. The molecule has 3 nitrogen and oxygen atoms in total. The normalized spacial score (nSPS) is 10.8. The summed E-state index contributed by atoms with van der Waals surface area (Å²) in [5, 5.41) is 3.44. The molecule has 0 saturated carbocycles. The highest BCUT2D eigenvalue weighted by molar-refractivity contribution is 5.52. The molecule has 0 spiro atoms. The average Bonchev–Trinajstić information content (AvgIpc) is 2.73. The van der Waals surface area contributed by atoms with Gasteiger partial charge in [0, 0.05) is 18.4 Å². The van der Waals surface area contributed by atoms with Crippen LogP contribution in [0.5, 0.6) is 0 Å². The molecule has 3 aromatic rings. The Hall–Kier alpha value is -2.29. The van der Waals surface area contributed by atoms with E-state index in [-0.39, 0.29) is 0 Å². The third kappa shape index (κ3) is 2.32. The number of nitrogens with zero attached hydrogens (tertiary/aromatic N) is 2. The summed E-state index contributed by atoms with van der Waals surface area (Å²) in [4.78, 5) is 4.51. The summed E-state index contributed by atoms with van der Waals surface area (Å²) < 4.78 is 2.13. The van der Waals surface area contributed by atoms with E-state index in [2.05, 4.69) is 58.2 Å². The van der Waals surface area contributed by atoms with Gasteiger partial charge >= 0.3 is 0 Å². The summed E-state index contributed by atoms with van der Waals surface area (Å²) in [6.07, 6.45) is 2.10. The van der Waals surface area contributed by atoms with Gasteiger partial charge in [0.25, 0.3) is 0 Å². The van der Waals surface area contributed by atoms with Gasteiger partial charge in [-0.05, 0) is 31.5 Å². The molecular formula is C16H17N3. The predicted octanol–water partition coefficient (Wildman–Crippen LogP) is 3.56. The van der Waals surface area contributed by atoms with Crippen LogP contribution in [0.3, 0.4) is 0 Å². The molecule has 0 fully saturated rings. The Balaban J connectivity index is 1.83. The van der Waals surface area contributed by atoms with Crippen LogP contribution < -0.4 is 5.32 Å². The van der Waals surface area contributed by atoms with Gasteiger partial charge in [0.2, 0.25) is 0 Å². The highest BCUT2D eigenvalue weighted by Gasteiger charge is 2.04. The quantitative estimate of drug-likeness (QED) is 0.771. The molecule has 0 atom stereocenters. The first kappa shape index (κ1) is 11.8. The lowest BCUT2D eigenvalue weighted by atomic mass is 10.2. The molecule has 2 aromatic heterocycles. The van der Waals surface area contributed by atoms with E-state index in [9.17, 15) is 0 Å². The standard InChI is InChI=1S/C16H17N3/c1-12-13(2)19-11-15(8-9-16(19)18-12)17-10-14-6-4-3-5-7-14/h3-9,11,17H,10H2,1-2H3. The van der Waals surface area contributed by atoms with Gasteiger partial charge in [-0.3, -0.25) is 0 Å². The first-order valence-electron chi connectivity index (χ1n) is 6.47. The van der Waals surface area contributed by atoms with Gasteiger partial charge in [0.1, 0.15) is 5.65 Å². The van der Waals surface area contributed by atoms with Crippen LogP contribution in [0, 0.1) is 13.8 Å². The lowest BCUT2D eigenvalue weighted by Crippen LogP contribution is -2.00. The van der Waals surface area contributed by atoms with Gasteiger partial charge in [-0.25, -0.2) is 4.98 Å². The molecule has 1 aromatic carbocycles. The maximum absolute atomic E-state index is 4.51. The lowest BCUT2D eigenvalue weighted by Gasteiger charge is -2.07. The molecule has 0 amide bonds. The molecule has 0 unspecified atom stereocenters. The Morgan fingerprint density at radius 1 is 1.05 bits per heavy atom. The van der Waals surface area contributed by atoms with Crippen LogP contribution in [0.15, 0.2) is 48.7 Å². The zero-order valence-electron chi connectivity index (χ0n) is 11.2. The van der Waals surface area contributed by atoms with E-state index in [1.807, 2.05) is 19.1 Å². The lowest BCUT2D eigenvalue weighted by molar-refractivity contribution is 1.07. The molecular weight excluding hydrogens is 234 g/mol. The molecule has 0 saturated heterocycles. The second-order valence-electron chi connectivity index (χ2n) is 4.77. The van der Waals surface area contributed by atoms with Crippen LogP contribution in [-0.2, 0) is 6.54 Å². The van der Waals surface area contributed by atoms with Crippen molar-refractivity contribution in [1.29, 1.82) is 0 Å². The summed E-state index contributed by atoms with van der Waals surface area (Å²) in [7, 11) is 0. The van der Waals surface area contributed by atoms with Crippen molar-refractivity contribution in [2.75, 3.05) is 5.32 Å². The van der Waals surface area contributed by atoms with Crippen LogP contribution >= 0.6 is 0 Å². The summed E-state index contributed by atoms with van der Waals surface area (Å²) in [6.45, 7) is 4.97. The van der Waals surface area contributed by atoms with Crippen molar-refractivity contribution in [2.24, 2.45) is 0 Å². The maximum atomic E-state index is 4.51. The van der Waals surface area contributed by atoms with Crippen LogP contribution in [-0.4, -0.2) is 9.38 Å². The second-order valence-corrected chi connectivity index (χ2v) is 4.77. The van der Waals surface area contributed by atoms with E-state index < -0.39 is 0 Å². The average molecular weight is 251 g/mol. The van der Waals surface area contributed by atoms with Gasteiger partial charge in [0.05, 0.1) is 11.4 Å².